The number of hydrogen-bond donors (Lipinski definition) is 0. The van der Waals surface area contributed by atoms with Crippen molar-refractivity contribution in [2.75, 3.05) is 20.3 Å². The third-order valence-electron chi connectivity index (χ3n) is 1.76. The predicted octanol–water partition coefficient (Wildman–Crippen LogP) is 2.23. The molecule has 68 valence electrons. The van der Waals surface area contributed by atoms with Crippen molar-refractivity contribution < 1.29 is 9.47 Å². The van der Waals surface area contributed by atoms with Crippen LogP contribution in [0.5, 0.6) is 0 Å². The van der Waals surface area contributed by atoms with E-state index in [1.165, 1.54) is 6.42 Å². The molecule has 1 unspecified atom stereocenters. The molecule has 0 rings (SSSR count). The molecular formula is C9H20O2. The highest BCUT2D eigenvalue weighted by atomic mass is 16.5. The highest BCUT2D eigenvalue weighted by Gasteiger charge is 1.97. The Balaban J connectivity index is 2.89. The smallest absolute Gasteiger partial charge is 0.0543 e. The molecule has 0 aliphatic rings. The van der Waals surface area contributed by atoms with E-state index in [0.29, 0.717) is 6.10 Å². The van der Waals surface area contributed by atoms with Crippen molar-refractivity contribution in [2.45, 2.75) is 39.2 Å². The third-order valence-corrected chi connectivity index (χ3v) is 1.76. The standard InChI is InChI=1S/C9H20O2/c1-4-11-8-6-5-7-9(2)10-3/h9H,4-8H2,1-3H3. The monoisotopic (exact) mass is 160 g/mol. The van der Waals surface area contributed by atoms with Crippen LogP contribution in [0.3, 0.4) is 0 Å². The van der Waals surface area contributed by atoms with Crippen LogP contribution in [0, 0.1) is 0 Å². The maximum atomic E-state index is 5.21. The molecule has 1 atom stereocenters. The van der Waals surface area contributed by atoms with Crippen molar-refractivity contribution in [3.63, 3.8) is 0 Å². The molecule has 0 bridgehead atoms. The minimum absolute atomic E-state index is 0.400. The first kappa shape index (κ1) is 10.9. The van der Waals surface area contributed by atoms with E-state index in [-0.39, 0.29) is 0 Å². The summed E-state index contributed by atoms with van der Waals surface area (Å²) in [5.74, 6) is 0. The van der Waals surface area contributed by atoms with Gasteiger partial charge in [-0.3, -0.25) is 0 Å². The summed E-state index contributed by atoms with van der Waals surface area (Å²) in [5.41, 5.74) is 0. The molecule has 0 saturated carbocycles. The van der Waals surface area contributed by atoms with E-state index < -0.39 is 0 Å². The van der Waals surface area contributed by atoms with E-state index in [1.54, 1.807) is 7.11 Å². The lowest BCUT2D eigenvalue weighted by Gasteiger charge is -2.08. The number of unbranched alkanes of at least 4 members (excludes halogenated alkanes) is 1. The fourth-order valence-corrected chi connectivity index (χ4v) is 0.898. The lowest BCUT2D eigenvalue weighted by Crippen LogP contribution is -2.04. The van der Waals surface area contributed by atoms with Crippen LogP contribution in [0.2, 0.25) is 0 Å². The Morgan fingerprint density at radius 3 is 2.55 bits per heavy atom. The largest absolute Gasteiger partial charge is 0.382 e. The molecule has 0 aromatic carbocycles. The first-order valence-electron chi connectivity index (χ1n) is 4.41. The van der Waals surface area contributed by atoms with E-state index in [0.717, 1.165) is 26.1 Å². The molecule has 0 fully saturated rings. The summed E-state index contributed by atoms with van der Waals surface area (Å²) in [6.45, 7) is 5.85. The van der Waals surface area contributed by atoms with Gasteiger partial charge in [-0.15, -0.1) is 0 Å². The van der Waals surface area contributed by atoms with Crippen LogP contribution in [-0.2, 0) is 9.47 Å². The van der Waals surface area contributed by atoms with Gasteiger partial charge < -0.3 is 9.47 Å². The van der Waals surface area contributed by atoms with Gasteiger partial charge in [0, 0.05) is 20.3 Å². The second-order valence-electron chi connectivity index (χ2n) is 2.74. The van der Waals surface area contributed by atoms with Gasteiger partial charge in [0.25, 0.3) is 0 Å². The molecule has 0 saturated heterocycles. The zero-order valence-electron chi connectivity index (χ0n) is 7.93. The zero-order chi connectivity index (χ0) is 8.53. The average Bonchev–Trinajstić information content (AvgIpc) is 2.04. The maximum Gasteiger partial charge on any atom is 0.0543 e. The molecule has 0 radical (unpaired) electrons. The van der Waals surface area contributed by atoms with Crippen molar-refractivity contribution in [3.8, 4) is 0 Å². The maximum absolute atomic E-state index is 5.21. The molecule has 0 aromatic rings. The fourth-order valence-electron chi connectivity index (χ4n) is 0.898. The molecule has 0 heterocycles. The number of methoxy groups -OCH3 is 1. The van der Waals surface area contributed by atoms with E-state index in [1.807, 2.05) is 6.92 Å². The summed E-state index contributed by atoms with van der Waals surface area (Å²) in [5, 5.41) is 0. The lowest BCUT2D eigenvalue weighted by atomic mass is 10.2. The first-order chi connectivity index (χ1) is 5.31. The molecule has 0 aromatic heterocycles. The first-order valence-corrected chi connectivity index (χ1v) is 4.41. The average molecular weight is 160 g/mol. The second kappa shape index (κ2) is 8.02. The van der Waals surface area contributed by atoms with Crippen molar-refractivity contribution in [2.24, 2.45) is 0 Å². The lowest BCUT2D eigenvalue weighted by molar-refractivity contribution is 0.101. The second-order valence-corrected chi connectivity index (χ2v) is 2.74. The minimum atomic E-state index is 0.400. The zero-order valence-corrected chi connectivity index (χ0v) is 7.93. The summed E-state index contributed by atoms with van der Waals surface area (Å²) < 4.78 is 10.3. The van der Waals surface area contributed by atoms with Gasteiger partial charge >= 0.3 is 0 Å². The number of ether oxygens (including phenoxy) is 2. The van der Waals surface area contributed by atoms with Gasteiger partial charge in [-0.2, -0.15) is 0 Å². The highest BCUT2D eigenvalue weighted by molar-refractivity contribution is 4.49. The molecule has 0 amide bonds. The summed E-state index contributed by atoms with van der Waals surface area (Å²) in [6, 6.07) is 0. The topological polar surface area (TPSA) is 18.5 Å². The Kier molecular flexibility index (Phi) is 7.96. The van der Waals surface area contributed by atoms with E-state index in [4.69, 9.17) is 9.47 Å². The normalized spacial score (nSPS) is 13.4. The van der Waals surface area contributed by atoms with Crippen LogP contribution in [0.4, 0.5) is 0 Å². The van der Waals surface area contributed by atoms with Crippen molar-refractivity contribution >= 4 is 0 Å². The van der Waals surface area contributed by atoms with Gasteiger partial charge in [0.1, 0.15) is 0 Å². The predicted molar refractivity (Wildman–Crippen MR) is 46.8 cm³/mol. The number of hydrogen-bond acceptors (Lipinski definition) is 2. The van der Waals surface area contributed by atoms with Gasteiger partial charge in [0.05, 0.1) is 6.10 Å². The van der Waals surface area contributed by atoms with Crippen LogP contribution in [0.25, 0.3) is 0 Å². The van der Waals surface area contributed by atoms with E-state index in [9.17, 15) is 0 Å². The Labute approximate surface area is 69.9 Å². The fraction of sp³-hybridized carbons (Fsp3) is 1.00. The quantitative estimate of drug-likeness (QED) is 0.532. The molecule has 0 spiro atoms. The van der Waals surface area contributed by atoms with E-state index in [2.05, 4.69) is 6.92 Å². The minimum Gasteiger partial charge on any atom is -0.382 e. The van der Waals surface area contributed by atoms with Crippen molar-refractivity contribution in [1.82, 2.24) is 0 Å². The van der Waals surface area contributed by atoms with Gasteiger partial charge in [-0.1, -0.05) is 0 Å². The Hall–Kier alpha value is -0.0800. The van der Waals surface area contributed by atoms with Crippen molar-refractivity contribution in [1.29, 1.82) is 0 Å². The Morgan fingerprint density at radius 1 is 1.27 bits per heavy atom. The molecular weight excluding hydrogens is 140 g/mol. The van der Waals surface area contributed by atoms with Crippen LogP contribution in [0.1, 0.15) is 33.1 Å². The van der Waals surface area contributed by atoms with Crippen LogP contribution in [-0.4, -0.2) is 26.4 Å². The van der Waals surface area contributed by atoms with Crippen LogP contribution >= 0.6 is 0 Å². The summed E-state index contributed by atoms with van der Waals surface area (Å²) in [4.78, 5) is 0. The third kappa shape index (κ3) is 7.82. The molecule has 0 aliphatic heterocycles. The summed E-state index contributed by atoms with van der Waals surface area (Å²) in [7, 11) is 1.76. The van der Waals surface area contributed by atoms with E-state index >= 15 is 0 Å². The van der Waals surface area contributed by atoms with Crippen LogP contribution in [0.15, 0.2) is 0 Å². The summed E-state index contributed by atoms with van der Waals surface area (Å²) >= 11 is 0. The van der Waals surface area contributed by atoms with Gasteiger partial charge in [-0.25, -0.2) is 0 Å². The van der Waals surface area contributed by atoms with Gasteiger partial charge in [-0.05, 0) is 33.1 Å². The summed E-state index contributed by atoms with van der Waals surface area (Å²) in [6.07, 6.45) is 3.90. The molecule has 2 nitrogen and oxygen atoms in total. The Bertz CT molecular complexity index is 74.0. The van der Waals surface area contributed by atoms with Crippen LogP contribution < -0.4 is 0 Å². The highest BCUT2D eigenvalue weighted by Crippen LogP contribution is 2.02. The molecule has 0 aliphatic carbocycles. The van der Waals surface area contributed by atoms with Gasteiger partial charge in [0.15, 0.2) is 0 Å². The Morgan fingerprint density at radius 2 is 2.00 bits per heavy atom. The SMILES string of the molecule is CCOCCCCC(C)OC. The molecule has 11 heavy (non-hydrogen) atoms. The van der Waals surface area contributed by atoms with Crippen molar-refractivity contribution in [3.05, 3.63) is 0 Å². The number of rotatable bonds is 7. The molecule has 2 heteroatoms. The van der Waals surface area contributed by atoms with Gasteiger partial charge in [0.2, 0.25) is 0 Å². The molecule has 0 N–H and O–H groups in total.